The van der Waals surface area contributed by atoms with Gasteiger partial charge in [0.05, 0.1) is 0 Å². The first-order valence-electron chi connectivity index (χ1n) is 4.24. The van der Waals surface area contributed by atoms with Gasteiger partial charge in [0.25, 0.3) is 0 Å². The number of nitrogens with two attached hydrogens (primary N) is 1. The van der Waals surface area contributed by atoms with Crippen LogP contribution in [0.3, 0.4) is 0 Å². The highest BCUT2D eigenvalue weighted by atomic mass is 16.1. The molecule has 1 saturated carbocycles. The van der Waals surface area contributed by atoms with Gasteiger partial charge in [0.2, 0.25) is 5.91 Å². The number of hydrogen-bond donors (Lipinski definition) is 1. The number of rotatable bonds is 0. The molecule has 0 aromatic rings. The summed E-state index contributed by atoms with van der Waals surface area (Å²) in [7, 11) is 0. The number of primary amides is 1. The first-order chi connectivity index (χ1) is 4.94. The van der Waals surface area contributed by atoms with Crippen LogP contribution in [0.4, 0.5) is 0 Å². The molecule has 1 aliphatic carbocycles. The Hall–Kier alpha value is -0.530. The third kappa shape index (κ3) is 5.89. The summed E-state index contributed by atoms with van der Waals surface area (Å²) in [4.78, 5) is 10.2. The fourth-order valence-electron chi connectivity index (χ4n) is 0.250. The summed E-state index contributed by atoms with van der Waals surface area (Å²) in [6, 6.07) is 0. The van der Waals surface area contributed by atoms with Gasteiger partial charge in [0.1, 0.15) is 0 Å². The summed E-state index contributed by atoms with van der Waals surface area (Å²) >= 11 is 0. The average Bonchev–Trinajstić information content (AvgIpc) is 1.55. The van der Waals surface area contributed by atoms with E-state index in [0.717, 1.165) is 0 Å². The predicted octanol–water partition coefficient (Wildman–Crippen LogP) is 2.08. The molecule has 11 heavy (non-hydrogen) atoms. The molecule has 0 atom stereocenters. The lowest BCUT2D eigenvalue weighted by Crippen LogP contribution is -2.27. The van der Waals surface area contributed by atoms with Crippen molar-refractivity contribution in [2.24, 2.45) is 11.1 Å². The maximum absolute atomic E-state index is 10.2. The van der Waals surface area contributed by atoms with Gasteiger partial charge in [-0.1, -0.05) is 46.5 Å². The second-order valence-electron chi connectivity index (χ2n) is 4.03. The highest BCUT2D eigenvalue weighted by Crippen LogP contribution is 2.15. The molecule has 66 valence electrons. The molecule has 2 N–H and O–H groups in total. The maximum atomic E-state index is 10.2. The zero-order chi connectivity index (χ0) is 8.91. The Morgan fingerprint density at radius 2 is 1.27 bits per heavy atom. The van der Waals surface area contributed by atoms with Crippen molar-refractivity contribution < 1.29 is 4.79 Å². The Kier molecular flexibility index (Phi) is 4.16. The van der Waals surface area contributed by atoms with Crippen LogP contribution < -0.4 is 5.73 Å². The molecule has 2 heteroatoms. The standard InChI is InChI=1S/C5H11NO.C4H8/c1-5(2,3)4(6)7;1-2-4-3-1/h1-3H3,(H2,6,7);1-4H2. The van der Waals surface area contributed by atoms with E-state index in [1.54, 1.807) is 20.8 Å². The van der Waals surface area contributed by atoms with E-state index in [4.69, 9.17) is 5.73 Å². The van der Waals surface area contributed by atoms with Crippen LogP contribution >= 0.6 is 0 Å². The Bertz CT molecular complexity index is 116. The van der Waals surface area contributed by atoms with Crippen LogP contribution in [0.5, 0.6) is 0 Å². The second-order valence-corrected chi connectivity index (χ2v) is 4.03. The number of carbonyl (C=O) groups is 1. The van der Waals surface area contributed by atoms with Crippen LogP contribution in [0.2, 0.25) is 0 Å². The van der Waals surface area contributed by atoms with E-state index in [1.165, 1.54) is 25.7 Å². The summed E-state index contributed by atoms with van der Waals surface area (Å²) in [6.45, 7) is 5.36. The first-order valence-corrected chi connectivity index (χ1v) is 4.24. The van der Waals surface area contributed by atoms with Crippen LogP contribution in [0, 0.1) is 5.41 Å². The molecule has 0 bridgehead atoms. The average molecular weight is 157 g/mol. The van der Waals surface area contributed by atoms with Gasteiger partial charge in [-0.25, -0.2) is 0 Å². The minimum atomic E-state index is -0.361. The van der Waals surface area contributed by atoms with E-state index in [1.807, 2.05) is 0 Å². The smallest absolute Gasteiger partial charge is 0.222 e. The van der Waals surface area contributed by atoms with Crippen LogP contribution in [-0.4, -0.2) is 5.91 Å². The molecule has 1 aliphatic rings. The molecule has 0 aliphatic heterocycles. The van der Waals surface area contributed by atoms with Crippen molar-refractivity contribution in [1.82, 2.24) is 0 Å². The van der Waals surface area contributed by atoms with Crippen molar-refractivity contribution in [3.8, 4) is 0 Å². The van der Waals surface area contributed by atoms with E-state index in [0.29, 0.717) is 0 Å². The predicted molar refractivity (Wildman–Crippen MR) is 47.1 cm³/mol. The Morgan fingerprint density at radius 3 is 1.27 bits per heavy atom. The van der Waals surface area contributed by atoms with Crippen molar-refractivity contribution in [1.29, 1.82) is 0 Å². The first kappa shape index (κ1) is 10.5. The molecule has 1 fully saturated rings. The second kappa shape index (κ2) is 4.37. The highest BCUT2D eigenvalue weighted by Gasteiger charge is 2.16. The van der Waals surface area contributed by atoms with Crippen molar-refractivity contribution in [3.63, 3.8) is 0 Å². The van der Waals surface area contributed by atoms with Gasteiger partial charge in [-0.3, -0.25) is 4.79 Å². The van der Waals surface area contributed by atoms with Crippen LogP contribution in [0.1, 0.15) is 46.5 Å². The van der Waals surface area contributed by atoms with Gasteiger partial charge in [-0.15, -0.1) is 0 Å². The minimum Gasteiger partial charge on any atom is -0.369 e. The Labute approximate surface area is 69.2 Å². The van der Waals surface area contributed by atoms with Gasteiger partial charge in [0.15, 0.2) is 0 Å². The molecule has 2 nitrogen and oxygen atoms in total. The highest BCUT2D eigenvalue weighted by molar-refractivity contribution is 5.79. The summed E-state index contributed by atoms with van der Waals surface area (Å²) in [5.74, 6) is -0.257. The van der Waals surface area contributed by atoms with Gasteiger partial charge in [-0.05, 0) is 0 Å². The topological polar surface area (TPSA) is 43.1 Å². The molecule has 0 unspecified atom stereocenters. The summed E-state index contributed by atoms with van der Waals surface area (Å²) in [5, 5.41) is 0. The van der Waals surface area contributed by atoms with E-state index in [-0.39, 0.29) is 11.3 Å². The molecule has 1 amide bonds. The Balaban J connectivity index is 0.000000207. The summed E-state index contributed by atoms with van der Waals surface area (Å²) in [5.41, 5.74) is 4.57. The monoisotopic (exact) mass is 157 g/mol. The molecular weight excluding hydrogens is 138 g/mol. The fourth-order valence-corrected chi connectivity index (χ4v) is 0.250. The molecule has 0 saturated heterocycles. The normalized spacial score (nSPS) is 15.9. The lowest BCUT2D eigenvalue weighted by atomic mass is 9.96. The molecular formula is C9H19NO. The third-order valence-corrected chi connectivity index (χ3v) is 1.74. The lowest BCUT2D eigenvalue weighted by Gasteiger charge is -2.10. The molecule has 0 spiro atoms. The largest absolute Gasteiger partial charge is 0.369 e. The Morgan fingerprint density at radius 1 is 1.09 bits per heavy atom. The van der Waals surface area contributed by atoms with Gasteiger partial charge >= 0.3 is 0 Å². The number of amides is 1. The minimum absolute atomic E-state index is 0.257. The zero-order valence-electron chi connectivity index (χ0n) is 7.81. The van der Waals surface area contributed by atoms with Gasteiger partial charge in [0, 0.05) is 5.41 Å². The van der Waals surface area contributed by atoms with E-state index in [2.05, 4.69) is 0 Å². The van der Waals surface area contributed by atoms with Crippen molar-refractivity contribution in [3.05, 3.63) is 0 Å². The molecule has 0 radical (unpaired) electrons. The van der Waals surface area contributed by atoms with E-state index >= 15 is 0 Å². The zero-order valence-corrected chi connectivity index (χ0v) is 7.81. The molecule has 0 aromatic carbocycles. The van der Waals surface area contributed by atoms with Crippen LogP contribution in [-0.2, 0) is 4.79 Å². The van der Waals surface area contributed by atoms with Crippen LogP contribution in [0.25, 0.3) is 0 Å². The maximum Gasteiger partial charge on any atom is 0.222 e. The van der Waals surface area contributed by atoms with Crippen LogP contribution in [0.15, 0.2) is 0 Å². The molecule has 0 heterocycles. The summed E-state index contributed by atoms with van der Waals surface area (Å²) in [6.07, 6.45) is 6.00. The van der Waals surface area contributed by atoms with Crippen molar-refractivity contribution >= 4 is 5.91 Å². The molecule has 1 rings (SSSR count). The SMILES string of the molecule is C1CCC1.CC(C)(C)C(N)=O. The fraction of sp³-hybridized carbons (Fsp3) is 0.889. The van der Waals surface area contributed by atoms with Gasteiger partial charge < -0.3 is 5.73 Å². The van der Waals surface area contributed by atoms with Gasteiger partial charge in [-0.2, -0.15) is 0 Å². The van der Waals surface area contributed by atoms with E-state index < -0.39 is 0 Å². The molecule has 0 aromatic heterocycles. The quantitative estimate of drug-likeness (QED) is 0.574. The van der Waals surface area contributed by atoms with Crippen molar-refractivity contribution in [2.75, 3.05) is 0 Å². The third-order valence-electron chi connectivity index (χ3n) is 1.74. The lowest BCUT2D eigenvalue weighted by molar-refractivity contribution is -0.125. The van der Waals surface area contributed by atoms with E-state index in [9.17, 15) is 4.79 Å². The number of hydrogen-bond acceptors (Lipinski definition) is 1. The number of carbonyl (C=O) groups excluding carboxylic acids is 1. The summed E-state index contributed by atoms with van der Waals surface area (Å²) < 4.78 is 0. The van der Waals surface area contributed by atoms with Crippen molar-refractivity contribution in [2.45, 2.75) is 46.5 Å².